The molecule has 1 aliphatic carbocycles. The smallest absolute Gasteiger partial charge is 0.253 e. The Kier molecular flexibility index (Phi) is 6.44. The van der Waals surface area contributed by atoms with E-state index in [1.54, 1.807) is 31.3 Å². The van der Waals surface area contributed by atoms with Gasteiger partial charge >= 0.3 is 0 Å². The molecular weight excluding hydrogens is 364 g/mol. The summed E-state index contributed by atoms with van der Waals surface area (Å²) in [5.74, 6) is 0.0887. The number of carbonyl (C=O) groups is 2. The predicted molar refractivity (Wildman–Crippen MR) is 104 cm³/mol. The van der Waals surface area contributed by atoms with Gasteiger partial charge in [0.15, 0.2) is 0 Å². The van der Waals surface area contributed by atoms with E-state index in [0.717, 1.165) is 12.8 Å². The van der Waals surface area contributed by atoms with Crippen LogP contribution < -0.4 is 5.32 Å². The number of anilines is 1. The number of hydrogen-bond acceptors (Lipinski definition) is 6. The second-order valence-corrected chi connectivity index (χ2v) is 7.65. The average Bonchev–Trinajstić information content (AvgIpc) is 3.11. The van der Waals surface area contributed by atoms with Crippen molar-refractivity contribution in [2.24, 2.45) is 7.05 Å². The fraction of sp³-hybridized carbons (Fsp3) is 0.500. The lowest BCUT2D eigenvalue weighted by molar-refractivity contribution is -0.113. The van der Waals surface area contributed by atoms with Crippen LogP contribution in [0.5, 0.6) is 0 Å². The Bertz CT molecular complexity index is 785. The van der Waals surface area contributed by atoms with Gasteiger partial charge in [-0.25, -0.2) is 4.68 Å². The van der Waals surface area contributed by atoms with Crippen LogP contribution in [0.4, 0.5) is 5.69 Å². The summed E-state index contributed by atoms with van der Waals surface area (Å²) in [4.78, 5) is 26.6. The van der Waals surface area contributed by atoms with E-state index in [0.29, 0.717) is 22.4 Å². The van der Waals surface area contributed by atoms with Crippen molar-refractivity contribution in [3.05, 3.63) is 29.8 Å². The van der Waals surface area contributed by atoms with E-state index in [1.165, 1.54) is 35.7 Å². The molecule has 8 nitrogen and oxygen atoms in total. The van der Waals surface area contributed by atoms with Gasteiger partial charge in [-0.1, -0.05) is 31.0 Å². The second-order valence-electron chi connectivity index (χ2n) is 6.71. The molecule has 1 saturated carbocycles. The Morgan fingerprint density at radius 2 is 1.93 bits per heavy atom. The number of amides is 2. The average molecular weight is 388 g/mol. The van der Waals surface area contributed by atoms with Gasteiger partial charge in [-0.3, -0.25) is 9.59 Å². The first-order valence-electron chi connectivity index (χ1n) is 9.07. The van der Waals surface area contributed by atoms with E-state index in [4.69, 9.17) is 0 Å². The zero-order valence-corrected chi connectivity index (χ0v) is 16.4. The molecule has 0 atom stereocenters. The molecule has 9 heteroatoms. The molecule has 2 aromatic rings. The maximum Gasteiger partial charge on any atom is 0.253 e. The molecule has 0 radical (unpaired) electrons. The Balaban J connectivity index is 1.52. The van der Waals surface area contributed by atoms with Gasteiger partial charge in [-0.15, -0.1) is 5.10 Å². The molecule has 0 aliphatic heterocycles. The maximum absolute atomic E-state index is 12.7. The van der Waals surface area contributed by atoms with Crippen molar-refractivity contribution in [3.63, 3.8) is 0 Å². The van der Waals surface area contributed by atoms with E-state index >= 15 is 0 Å². The Labute approximate surface area is 162 Å². The van der Waals surface area contributed by atoms with Crippen molar-refractivity contribution in [3.8, 4) is 0 Å². The monoisotopic (exact) mass is 388 g/mol. The largest absolute Gasteiger partial charge is 0.339 e. The van der Waals surface area contributed by atoms with Gasteiger partial charge in [0.2, 0.25) is 11.1 Å². The highest BCUT2D eigenvalue weighted by Crippen LogP contribution is 2.23. The van der Waals surface area contributed by atoms with Crippen LogP contribution in [0.1, 0.15) is 42.5 Å². The topological polar surface area (TPSA) is 93.0 Å². The number of nitrogens with zero attached hydrogens (tertiary/aromatic N) is 5. The Morgan fingerprint density at radius 3 is 2.56 bits per heavy atom. The predicted octanol–water partition coefficient (Wildman–Crippen LogP) is 2.35. The van der Waals surface area contributed by atoms with Gasteiger partial charge in [0.25, 0.3) is 5.91 Å². The molecule has 1 N–H and O–H groups in total. The molecule has 1 fully saturated rings. The number of benzene rings is 1. The van der Waals surface area contributed by atoms with E-state index in [1.807, 2.05) is 11.9 Å². The van der Waals surface area contributed by atoms with Crippen molar-refractivity contribution in [2.45, 2.75) is 43.3 Å². The minimum Gasteiger partial charge on any atom is -0.339 e. The fourth-order valence-electron chi connectivity index (χ4n) is 3.20. The Morgan fingerprint density at radius 1 is 1.22 bits per heavy atom. The van der Waals surface area contributed by atoms with Crippen molar-refractivity contribution >= 4 is 29.3 Å². The molecule has 2 amide bonds. The molecule has 144 valence electrons. The van der Waals surface area contributed by atoms with Crippen LogP contribution in [0, 0.1) is 0 Å². The van der Waals surface area contributed by atoms with E-state index in [9.17, 15) is 9.59 Å². The van der Waals surface area contributed by atoms with Crippen LogP contribution in [0.15, 0.2) is 29.4 Å². The SMILES string of the molecule is CN(C(=O)c1ccc(NC(=O)CSc2nnnn2C)cc1)C1CCCCC1. The molecule has 0 unspecified atom stereocenters. The van der Waals surface area contributed by atoms with Gasteiger partial charge in [-0.2, -0.15) is 0 Å². The summed E-state index contributed by atoms with van der Waals surface area (Å²) in [6.45, 7) is 0. The number of rotatable bonds is 6. The third-order valence-electron chi connectivity index (χ3n) is 4.77. The molecule has 1 aromatic heterocycles. The zero-order valence-electron chi connectivity index (χ0n) is 15.6. The van der Waals surface area contributed by atoms with Crippen molar-refractivity contribution in [2.75, 3.05) is 18.1 Å². The number of aryl methyl sites for hydroxylation is 1. The molecular formula is C18H24N6O2S. The summed E-state index contributed by atoms with van der Waals surface area (Å²) < 4.78 is 1.52. The van der Waals surface area contributed by atoms with Crippen LogP contribution >= 0.6 is 11.8 Å². The summed E-state index contributed by atoms with van der Waals surface area (Å²) in [5, 5.41) is 14.5. The van der Waals surface area contributed by atoms with Crippen molar-refractivity contribution in [1.82, 2.24) is 25.1 Å². The minimum atomic E-state index is -0.151. The molecule has 1 heterocycles. The van der Waals surface area contributed by atoms with Gasteiger partial charge in [0, 0.05) is 31.4 Å². The lowest BCUT2D eigenvalue weighted by Gasteiger charge is -2.31. The van der Waals surface area contributed by atoms with Gasteiger partial charge in [0.1, 0.15) is 0 Å². The lowest BCUT2D eigenvalue weighted by atomic mass is 9.94. The molecule has 0 saturated heterocycles. The van der Waals surface area contributed by atoms with E-state index in [-0.39, 0.29) is 17.6 Å². The number of thioether (sulfide) groups is 1. The van der Waals surface area contributed by atoms with Crippen LogP contribution in [-0.2, 0) is 11.8 Å². The highest BCUT2D eigenvalue weighted by molar-refractivity contribution is 7.99. The third kappa shape index (κ3) is 5.06. The second kappa shape index (κ2) is 8.98. The summed E-state index contributed by atoms with van der Waals surface area (Å²) in [6, 6.07) is 7.37. The summed E-state index contributed by atoms with van der Waals surface area (Å²) in [5.41, 5.74) is 1.30. The lowest BCUT2D eigenvalue weighted by Crippen LogP contribution is -2.38. The first-order chi connectivity index (χ1) is 13.0. The number of nitrogens with one attached hydrogen (secondary N) is 1. The first kappa shape index (κ1) is 19.3. The number of tetrazole rings is 1. The number of aromatic nitrogens is 4. The molecule has 0 bridgehead atoms. The molecule has 27 heavy (non-hydrogen) atoms. The normalized spacial score (nSPS) is 14.7. The van der Waals surface area contributed by atoms with Crippen molar-refractivity contribution < 1.29 is 9.59 Å². The number of hydrogen-bond donors (Lipinski definition) is 1. The third-order valence-corrected chi connectivity index (χ3v) is 5.78. The van der Waals surface area contributed by atoms with Crippen LogP contribution in [0.2, 0.25) is 0 Å². The van der Waals surface area contributed by atoms with Gasteiger partial charge in [0.05, 0.1) is 5.75 Å². The molecule has 3 rings (SSSR count). The van der Waals surface area contributed by atoms with Crippen molar-refractivity contribution in [1.29, 1.82) is 0 Å². The molecule has 0 spiro atoms. The summed E-state index contributed by atoms with van der Waals surface area (Å²) in [6.07, 6.45) is 5.80. The standard InChI is InChI=1S/C18H24N6O2S/c1-23(15-6-4-3-5-7-15)17(26)13-8-10-14(11-9-13)19-16(25)12-27-18-20-21-22-24(18)2/h8-11,15H,3-7,12H2,1-2H3,(H,19,25). The summed E-state index contributed by atoms with van der Waals surface area (Å²) >= 11 is 1.26. The molecule has 1 aromatic carbocycles. The van der Waals surface area contributed by atoms with E-state index in [2.05, 4.69) is 20.8 Å². The highest BCUT2D eigenvalue weighted by Gasteiger charge is 2.22. The van der Waals surface area contributed by atoms with Gasteiger partial charge in [-0.05, 0) is 47.5 Å². The Hall–Kier alpha value is -2.42. The van der Waals surface area contributed by atoms with E-state index < -0.39 is 0 Å². The van der Waals surface area contributed by atoms with Crippen LogP contribution in [0.25, 0.3) is 0 Å². The fourth-order valence-corrected chi connectivity index (χ4v) is 3.85. The minimum absolute atomic E-state index is 0.0325. The maximum atomic E-state index is 12.7. The number of carbonyl (C=O) groups excluding carboxylic acids is 2. The van der Waals surface area contributed by atoms with Crippen LogP contribution in [-0.4, -0.2) is 55.8 Å². The van der Waals surface area contributed by atoms with Crippen LogP contribution in [0.3, 0.4) is 0 Å². The first-order valence-corrected chi connectivity index (χ1v) is 10.1. The molecule has 1 aliphatic rings. The highest BCUT2D eigenvalue weighted by atomic mass is 32.2. The zero-order chi connectivity index (χ0) is 19.2. The summed E-state index contributed by atoms with van der Waals surface area (Å²) in [7, 11) is 3.60. The van der Waals surface area contributed by atoms with Gasteiger partial charge < -0.3 is 10.2 Å². The quantitative estimate of drug-likeness (QED) is 0.764.